The second kappa shape index (κ2) is 5.79. The summed E-state index contributed by atoms with van der Waals surface area (Å²) in [7, 11) is 0. The van der Waals surface area contributed by atoms with Crippen LogP contribution in [0.2, 0.25) is 0 Å². The molecule has 0 unspecified atom stereocenters. The van der Waals surface area contributed by atoms with Crippen LogP contribution in [-0.4, -0.2) is 0 Å². The van der Waals surface area contributed by atoms with Gasteiger partial charge in [-0.3, -0.25) is 0 Å². The van der Waals surface area contributed by atoms with Gasteiger partial charge in [-0.25, -0.2) is 0 Å². The molecule has 0 amide bonds. The second-order valence-electron chi connectivity index (χ2n) is 5.07. The average Bonchev–Trinajstić information content (AvgIpc) is 2.40. The Bertz CT molecular complexity index is 715. The Morgan fingerprint density at radius 3 is 1.91 bits per heavy atom. The molecular weight excluding hydrogens is 322 g/mol. The van der Waals surface area contributed by atoms with Crippen LogP contribution in [0, 0.1) is 13.8 Å². The lowest BCUT2D eigenvalue weighted by Crippen LogP contribution is -2.09. The summed E-state index contributed by atoms with van der Waals surface area (Å²) in [5, 5.41) is 0. The first-order valence-corrected chi connectivity index (χ1v) is 6.52. The van der Waals surface area contributed by atoms with Crippen molar-refractivity contribution in [3.05, 3.63) is 58.7 Å². The highest BCUT2D eigenvalue weighted by Gasteiger charge is 2.35. The molecule has 0 saturated carbocycles. The molecule has 1 nitrogen and oxygen atoms in total. The molecule has 0 aliphatic carbocycles. The van der Waals surface area contributed by atoms with Crippen molar-refractivity contribution in [1.29, 1.82) is 0 Å². The third-order valence-electron chi connectivity index (χ3n) is 3.18. The first-order chi connectivity index (χ1) is 10.5. The molecule has 0 heterocycles. The fraction of sp³-hybridized carbons (Fsp3) is 0.250. The van der Waals surface area contributed by atoms with Crippen molar-refractivity contribution in [3.63, 3.8) is 0 Å². The quantitative estimate of drug-likeness (QED) is 0.600. The summed E-state index contributed by atoms with van der Waals surface area (Å²) in [4.78, 5) is 0. The van der Waals surface area contributed by atoms with E-state index >= 15 is 0 Å². The van der Waals surface area contributed by atoms with Gasteiger partial charge in [0.1, 0.15) is 11.5 Å². The molecule has 23 heavy (non-hydrogen) atoms. The molecule has 0 aromatic heterocycles. The van der Waals surface area contributed by atoms with Crippen LogP contribution < -0.4 is 4.74 Å². The van der Waals surface area contributed by atoms with E-state index in [1.54, 1.807) is 0 Å². The first kappa shape index (κ1) is 17.2. The number of alkyl halides is 6. The van der Waals surface area contributed by atoms with Crippen molar-refractivity contribution >= 4 is 0 Å². The molecule has 2 rings (SSSR count). The van der Waals surface area contributed by atoms with E-state index in [1.165, 1.54) is 26.0 Å². The summed E-state index contributed by atoms with van der Waals surface area (Å²) >= 11 is 0. The van der Waals surface area contributed by atoms with Gasteiger partial charge in [0.15, 0.2) is 0 Å². The van der Waals surface area contributed by atoms with Gasteiger partial charge in [0.05, 0.1) is 11.1 Å². The molecular formula is C16H12F6O. The van der Waals surface area contributed by atoms with Crippen LogP contribution in [0.4, 0.5) is 26.3 Å². The Morgan fingerprint density at radius 2 is 1.35 bits per heavy atom. The SMILES string of the molecule is Cc1ccc(Oc2ccc(C)c(C(F)(F)F)c2)c(C(F)(F)F)c1. The molecule has 0 radical (unpaired) electrons. The van der Waals surface area contributed by atoms with Crippen LogP contribution in [0.3, 0.4) is 0 Å². The van der Waals surface area contributed by atoms with E-state index < -0.39 is 29.2 Å². The Hall–Kier alpha value is -2.18. The van der Waals surface area contributed by atoms with Crippen molar-refractivity contribution in [1.82, 2.24) is 0 Å². The van der Waals surface area contributed by atoms with Crippen molar-refractivity contribution < 1.29 is 31.1 Å². The Kier molecular flexibility index (Phi) is 4.32. The lowest BCUT2D eigenvalue weighted by atomic mass is 10.1. The minimum Gasteiger partial charge on any atom is -0.457 e. The van der Waals surface area contributed by atoms with Gasteiger partial charge < -0.3 is 4.74 Å². The highest BCUT2D eigenvalue weighted by Crippen LogP contribution is 2.40. The minimum absolute atomic E-state index is 0.0372. The molecule has 2 aromatic rings. The van der Waals surface area contributed by atoms with Crippen molar-refractivity contribution in [2.45, 2.75) is 26.2 Å². The van der Waals surface area contributed by atoms with Crippen LogP contribution in [0.15, 0.2) is 36.4 Å². The molecule has 0 N–H and O–H groups in total. The smallest absolute Gasteiger partial charge is 0.419 e. The maximum Gasteiger partial charge on any atom is 0.419 e. The summed E-state index contributed by atoms with van der Waals surface area (Å²) in [6.07, 6.45) is -9.28. The van der Waals surface area contributed by atoms with Crippen molar-refractivity contribution in [3.8, 4) is 11.5 Å². The van der Waals surface area contributed by atoms with E-state index in [9.17, 15) is 26.3 Å². The second-order valence-corrected chi connectivity index (χ2v) is 5.07. The van der Waals surface area contributed by atoms with Crippen LogP contribution in [0.5, 0.6) is 11.5 Å². The van der Waals surface area contributed by atoms with Crippen molar-refractivity contribution in [2.24, 2.45) is 0 Å². The Balaban J connectivity index is 2.45. The fourth-order valence-corrected chi connectivity index (χ4v) is 2.05. The number of rotatable bonds is 2. The molecule has 0 fully saturated rings. The van der Waals surface area contributed by atoms with Gasteiger partial charge in [-0.1, -0.05) is 17.7 Å². The standard InChI is InChI=1S/C16H12F6O/c1-9-3-6-14(13(7-9)16(20,21)22)23-11-5-4-10(2)12(8-11)15(17,18)19/h3-8H,1-2H3. The molecule has 0 aliphatic rings. The lowest BCUT2D eigenvalue weighted by Gasteiger charge is -2.16. The van der Waals surface area contributed by atoms with Crippen LogP contribution >= 0.6 is 0 Å². The number of aryl methyl sites for hydroxylation is 2. The summed E-state index contributed by atoms with van der Waals surface area (Å²) in [6.45, 7) is 2.74. The van der Waals surface area contributed by atoms with E-state index in [0.717, 1.165) is 18.2 Å². The summed E-state index contributed by atoms with van der Waals surface area (Å²) < 4.78 is 82.6. The molecule has 0 spiro atoms. The largest absolute Gasteiger partial charge is 0.457 e. The molecule has 7 heteroatoms. The van der Waals surface area contributed by atoms with E-state index in [1.807, 2.05) is 0 Å². The number of ether oxygens (including phenoxy) is 1. The van der Waals surface area contributed by atoms with Crippen molar-refractivity contribution in [2.75, 3.05) is 0 Å². The molecule has 0 atom stereocenters. The molecule has 0 aliphatic heterocycles. The third kappa shape index (κ3) is 3.97. The maximum atomic E-state index is 13.0. The molecule has 124 valence electrons. The van der Waals surface area contributed by atoms with E-state index in [4.69, 9.17) is 4.74 Å². The van der Waals surface area contributed by atoms with Gasteiger partial charge in [-0.05, 0) is 43.7 Å². The van der Waals surface area contributed by atoms with Gasteiger partial charge in [0.2, 0.25) is 0 Å². The number of halogens is 6. The number of hydrogen-bond donors (Lipinski definition) is 0. The minimum atomic E-state index is -4.67. The van der Waals surface area contributed by atoms with Gasteiger partial charge in [0.25, 0.3) is 0 Å². The Morgan fingerprint density at radius 1 is 0.739 bits per heavy atom. The molecule has 0 saturated heterocycles. The normalized spacial score (nSPS) is 12.3. The van der Waals surface area contributed by atoms with Crippen LogP contribution in [0.1, 0.15) is 22.3 Å². The summed E-state index contributed by atoms with van der Waals surface area (Å²) in [5.41, 5.74) is -1.66. The van der Waals surface area contributed by atoms with Gasteiger partial charge >= 0.3 is 12.4 Å². The molecule has 2 aromatic carbocycles. The van der Waals surface area contributed by atoms with E-state index in [2.05, 4.69) is 0 Å². The predicted molar refractivity (Wildman–Crippen MR) is 72.4 cm³/mol. The van der Waals surface area contributed by atoms with Gasteiger partial charge in [0, 0.05) is 0 Å². The number of benzene rings is 2. The zero-order chi connectivity index (χ0) is 17.4. The average molecular weight is 334 g/mol. The molecule has 0 bridgehead atoms. The maximum absolute atomic E-state index is 13.0. The number of hydrogen-bond acceptors (Lipinski definition) is 1. The predicted octanol–water partition coefficient (Wildman–Crippen LogP) is 6.13. The van der Waals surface area contributed by atoms with Crippen LogP contribution in [-0.2, 0) is 12.4 Å². The highest BCUT2D eigenvalue weighted by atomic mass is 19.4. The summed E-state index contributed by atoms with van der Waals surface area (Å²) in [5.74, 6) is -0.850. The van der Waals surface area contributed by atoms with E-state index in [-0.39, 0.29) is 11.3 Å². The zero-order valence-corrected chi connectivity index (χ0v) is 12.1. The fourth-order valence-electron chi connectivity index (χ4n) is 2.05. The highest BCUT2D eigenvalue weighted by molar-refractivity contribution is 5.44. The van der Waals surface area contributed by atoms with Gasteiger partial charge in [-0.15, -0.1) is 0 Å². The first-order valence-electron chi connectivity index (χ1n) is 6.52. The van der Waals surface area contributed by atoms with E-state index in [0.29, 0.717) is 11.6 Å². The van der Waals surface area contributed by atoms with Gasteiger partial charge in [-0.2, -0.15) is 26.3 Å². The topological polar surface area (TPSA) is 9.23 Å². The third-order valence-corrected chi connectivity index (χ3v) is 3.18. The lowest BCUT2D eigenvalue weighted by molar-refractivity contribution is -0.139. The zero-order valence-electron chi connectivity index (χ0n) is 12.1. The monoisotopic (exact) mass is 334 g/mol. The Labute approximate surface area is 128 Å². The summed E-state index contributed by atoms with van der Waals surface area (Å²) in [6, 6.07) is 6.41. The van der Waals surface area contributed by atoms with Crippen LogP contribution in [0.25, 0.3) is 0 Å².